The monoisotopic (exact) mass is 313 g/mol. The minimum Gasteiger partial charge on any atom is -0.313 e. The fraction of sp³-hybridized carbons (Fsp3) is 0.643. The van der Waals surface area contributed by atoms with E-state index in [4.69, 9.17) is 0 Å². The average molecular weight is 313 g/mol. The molecule has 0 spiro atoms. The lowest BCUT2D eigenvalue weighted by molar-refractivity contribution is -0.141. The number of hydrogen-bond donors (Lipinski definition) is 0. The van der Waals surface area contributed by atoms with E-state index in [0.717, 1.165) is 44.1 Å². The predicted octanol–water partition coefficient (Wildman–Crippen LogP) is 3.05. The zero-order chi connectivity index (χ0) is 15.6. The van der Waals surface area contributed by atoms with Gasteiger partial charge in [0.25, 0.3) is 0 Å². The van der Waals surface area contributed by atoms with Gasteiger partial charge in [0.15, 0.2) is 11.5 Å². The van der Waals surface area contributed by atoms with Gasteiger partial charge in [-0.2, -0.15) is 18.3 Å². The zero-order valence-corrected chi connectivity index (χ0v) is 12.2. The van der Waals surface area contributed by atoms with Crippen LogP contribution in [0.3, 0.4) is 0 Å². The van der Waals surface area contributed by atoms with Crippen molar-refractivity contribution >= 4 is 0 Å². The summed E-state index contributed by atoms with van der Waals surface area (Å²) in [5.41, 5.74) is -0.878. The molecule has 1 aliphatic heterocycles. The largest absolute Gasteiger partial charge is 0.435 e. The quantitative estimate of drug-likeness (QED) is 0.856. The number of fused-ring (bicyclic) bond motifs is 1. The van der Waals surface area contributed by atoms with E-state index in [0.29, 0.717) is 5.82 Å². The molecule has 0 radical (unpaired) electrons. The molecule has 22 heavy (non-hydrogen) atoms. The third-order valence-corrected chi connectivity index (χ3v) is 3.92. The molecule has 5 nitrogen and oxygen atoms in total. The Labute approximate surface area is 126 Å². The normalized spacial score (nSPS) is 16.7. The van der Waals surface area contributed by atoms with Crippen molar-refractivity contribution in [2.24, 2.45) is 0 Å². The van der Waals surface area contributed by atoms with Gasteiger partial charge in [-0.15, -0.1) is 10.2 Å². The van der Waals surface area contributed by atoms with Crippen LogP contribution in [0.4, 0.5) is 13.2 Å². The second-order valence-corrected chi connectivity index (χ2v) is 5.60. The summed E-state index contributed by atoms with van der Waals surface area (Å²) < 4.78 is 41.1. The van der Waals surface area contributed by atoms with Crippen LogP contribution in [0.15, 0.2) is 12.3 Å². The summed E-state index contributed by atoms with van der Waals surface area (Å²) in [7, 11) is 0. The van der Waals surface area contributed by atoms with Crippen molar-refractivity contribution in [1.29, 1.82) is 0 Å². The Morgan fingerprint density at radius 1 is 1.05 bits per heavy atom. The number of rotatable bonds is 2. The molecule has 0 bridgehead atoms. The van der Waals surface area contributed by atoms with Crippen molar-refractivity contribution in [3.05, 3.63) is 29.6 Å². The molecule has 3 rings (SSSR count). The number of alkyl halides is 3. The van der Waals surface area contributed by atoms with Crippen LogP contribution in [0.2, 0.25) is 0 Å². The second kappa shape index (κ2) is 6.10. The molecule has 0 aliphatic carbocycles. The van der Waals surface area contributed by atoms with Gasteiger partial charge in [-0.25, -0.2) is 0 Å². The molecular formula is C14H18F3N5. The lowest BCUT2D eigenvalue weighted by Gasteiger charge is -2.09. The maximum absolute atomic E-state index is 12.6. The van der Waals surface area contributed by atoms with E-state index in [1.807, 2.05) is 4.57 Å². The summed E-state index contributed by atoms with van der Waals surface area (Å²) >= 11 is 0. The minimum atomic E-state index is -4.41. The summed E-state index contributed by atoms with van der Waals surface area (Å²) in [4.78, 5) is 0. The fourth-order valence-corrected chi connectivity index (χ4v) is 2.76. The summed E-state index contributed by atoms with van der Waals surface area (Å²) in [5.74, 6) is 1.61. The summed E-state index contributed by atoms with van der Waals surface area (Å²) in [5, 5.41) is 11.9. The van der Waals surface area contributed by atoms with Crippen molar-refractivity contribution in [1.82, 2.24) is 24.5 Å². The Kier molecular flexibility index (Phi) is 4.17. The van der Waals surface area contributed by atoms with Gasteiger partial charge in [0.05, 0.1) is 0 Å². The second-order valence-electron chi connectivity index (χ2n) is 5.60. The van der Waals surface area contributed by atoms with Gasteiger partial charge < -0.3 is 4.57 Å². The molecule has 0 fully saturated rings. The smallest absolute Gasteiger partial charge is 0.313 e. The lowest BCUT2D eigenvalue weighted by Crippen LogP contribution is -2.13. The van der Waals surface area contributed by atoms with Crippen LogP contribution in [0, 0.1) is 0 Å². The Morgan fingerprint density at radius 3 is 2.59 bits per heavy atom. The van der Waals surface area contributed by atoms with Crippen LogP contribution in [0.25, 0.3) is 0 Å². The first-order valence-electron chi connectivity index (χ1n) is 7.55. The Bertz CT molecular complexity index is 629. The molecule has 0 unspecified atom stereocenters. The highest BCUT2D eigenvalue weighted by Crippen LogP contribution is 2.27. The Hall–Kier alpha value is -1.86. The highest BCUT2D eigenvalue weighted by molar-refractivity contribution is 5.05. The van der Waals surface area contributed by atoms with Gasteiger partial charge >= 0.3 is 6.18 Å². The van der Waals surface area contributed by atoms with Crippen LogP contribution in [-0.2, 0) is 25.7 Å². The number of hydrogen-bond acceptors (Lipinski definition) is 3. The molecule has 1 aliphatic rings. The standard InChI is InChI=1S/C14H18F3N5/c15-14(16,17)11-7-9-21(20-11)10-13-19-18-12-6-4-2-1-3-5-8-22(12)13/h7,9H,1-6,8,10H2. The van der Waals surface area contributed by atoms with E-state index in [2.05, 4.69) is 15.3 Å². The van der Waals surface area contributed by atoms with E-state index in [1.54, 1.807) is 0 Å². The minimum absolute atomic E-state index is 0.211. The molecule has 2 aromatic rings. The first-order valence-corrected chi connectivity index (χ1v) is 7.55. The van der Waals surface area contributed by atoms with Crippen LogP contribution in [0.5, 0.6) is 0 Å². The molecule has 0 amide bonds. The number of aromatic nitrogens is 5. The number of aryl methyl sites for hydroxylation is 1. The Morgan fingerprint density at radius 2 is 1.82 bits per heavy atom. The molecule has 120 valence electrons. The van der Waals surface area contributed by atoms with Crippen LogP contribution < -0.4 is 0 Å². The summed E-state index contributed by atoms with van der Waals surface area (Å²) in [6.45, 7) is 1.04. The van der Waals surface area contributed by atoms with Crippen molar-refractivity contribution in [2.75, 3.05) is 0 Å². The lowest BCUT2D eigenvalue weighted by atomic mass is 10.1. The highest BCUT2D eigenvalue weighted by Gasteiger charge is 2.33. The molecule has 0 N–H and O–H groups in total. The predicted molar refractivity (Wildman–Crippen MR) is 73.1 cm³/mol. The van der Waals surface area contributed by atoms with Crippen LogP contribution >= 0.6 is 0 Å². The van der Waals surface area contributed by atoms with Gasteiger partial charge in [0.1, 0.15) is 12.4 Å². The van der Waals surface area contributed by atoms with Crippen molar-refractivity contribution < 1.29 is 13.2 Å². The molecule has 8 heteroatoms. The van der Waals surface area contributed by atoms with E-state index in [9.17, 15) is 13.2 Å². The molecule has 0 atom stereocenters. The molecule has 0 aromatic carbocycles. The molecule has 2 aromatic heterocycles. The maximum Gasteiger partial charge on any atom is 0.435 e. The maximum atomic E-state index is 12.6. The summed E-state index contributed by atoms with van der Waals surface area (Å²) in [6.07, 6.45) is 3.50. The van der Waals surface area contributed by atoms with Gasteiger partial charge in [0.2, 0.25) is 0 Å². The van der Waals surface area contributed by atoms with Gasteiger partial charge in [0, 0.05) is 19.2 Å². The molecule has 3 heterocycles. The summed E-state index contributed by atoms with van der Waals surface area (Å²) in [6, 6.07) is 0.982. The van der Waals surface area contributed by atoms with Gasteiger partial charge in [-0.1, -0.05) is 19.3 Å². The van der Waals surface area contributed by atoms with Crippen molar-refractivity contribution in [2.45, 2.75) is 57.8 Å². The SMILES string of the molecule is FC(F)(F)c1ccn(Cc2nnc3n2CCCCCCC3)n1. The first kappa shape index (κ1) is 15.1. The third-order valence-electron chi connectivity index (χ3n) is 3.92. The number of halogens is 3. The first-order chi connectivity index (χ1) is 10.5. The molecule has 0 saturated heterocycles. The molecular weight excluding hydrogens is 295 g/mol. The van der Waals surface area contributed by atoms with Crippen LogP contribution in [-0.4, -0.2) is 24.5 Å². The number of nitrogens with zero attached hydrogens (tertiary/aromatic N) is 5. The van der Waals surface area contributed by atoms with E-state index >= 15 is 0 Å². The average Bonchev–Trinajstić information content (AvgIpc) is 3.07. The topological polar surface area (TPSA) is 48.5 Å². The third kappa shape index (κ3) is 3.31. The van der Waals surface area contributed by atoms with Crippen molar-refractivity contribution in [3.8, 4) is 0 Å². The van der Waals surface area contributed by atoms with E-state index in [1.165, 1.54) is 23.7 Å². The zero-order valence-electron chi connectivity index (χ0n) is 12.2. The Balaban J connectivity index is 1.79. The van der Waals surface area contributed by atoms with Crippen molar-refractivity contribution in [3.63, 3.8) is 0 Å². The fourth-order valence-electron chi connectivity index (χ4n) is 2.76. The highest BCUT2D eigenvalue weighted by atomic mass is 19.4. The molecule has 0 saturated carbocycles. The van der Waals surface area contributed by atoms with Crippen LogP contribution in [0.1, 0.15) is 49.4 Å². The van der Waals surface area contributed by atoms with Gasteiger partial charge in [-0.05, 0) is 18.9 Å². The van der Waals surface area contributed by atoms with E-state index < -0.39 is 11.9 Å². The van der Waals surface area contributed by atoms with E-state index in [-0.39, 0.29) is 6.54 Å². The van der Waals surface area contributed by atoms with Gasteiger partial charge in [-0.3, -0.25) is 4.68 Å².